The van der Waals surface area contributed by atoms with Gasteiger partial charge in [-0.05, 0) is 12.5 Å². The quantitative estimate of drug-likeness (QED) is 0.887. The highest BCUT2D eigenvalue weighted by Crippen LogP contribution is 2.16. The molecule has 1 amide bonds. The number of carbonyl (C=O) groups is 1. The fraction of sp³-hybridized carbons (Fsp3) is 0.429. The van der Waals surface area contributed by atoms with Crippen LogP contribution in [0.1, 0.15) is 12.1 Å². The minimum absolute atomic E-state index is 0.0299. The van der Waals surface area contributed by atoms with Crippen LogP contribution in [0, 0.1) is 5.92 Å². The van der Waals surface area contributed by atoms with Gasteiger partial charge >= 0.3 is 0 Å². The minimum Gasteiger partial charge on any atom is -0.381 e. The van der Waals surface area contributed by atoms with Crippen LogP contribution in [0.4, 0.5) is 0 Å². The molecule has 2 aromatic heterocycles. The minimum atomic E-state index is -0.0299. The molecule has 1 unspecified atom stereocenters. The van der Waals surface area contributed by atoms with Crippen molar-refractivity contribution >= 4 is 5.91 Å². The monoisotopic (exact) mass is 287 g/mol. The van der Waals surface area contributed by atoms with Gasteiger partial charge in [0.2, 0.25) is 5.91 Å². The number of aryl methyl sites for hydroxylation is 1. The van der Waals surface area contributed by atoms with Crippen LogP contribution in [-0.4, -0.2) is 38.9 Å². The lowest BCUT2D eigenvalue weighted by Crippen LogP contribution is -2.31. The molecule has 0 aromatic carbocycles. The van der Waals surface area contributed by atoms with E-state index in [-0.39, 0.29) is 11.8 Å². The fourth-order valence-electron chi connectivity index (χ4n) is 2.29. The van der Waals surface area contributed by atoms with Crippen molar-refractivity contribution in [2.24, 2.45) is 13.0 Å². The van der Waals surface area contributed by atoms with Crippen LogP contribution in [0.3, 0.4) is 0 Å². The van der Waals surface area contributed by atoms with Crippen LogP contribution < -0.4 is 5.32 Å². The second-order valence-electron chi connectivity index (χ2n) is 5.01. The van der Waals surface area contributed by atoms with E-state index in [2.05, 4.69) is 20.4 Å². The highest BCUT2D eigenvalue weighted by Gasteiger charge is 2.23. The summed E-state index contributed by atoms with van der Waals surface area (Å²) in [5.74, 6) is 0.00689. The molecule has 1 saturated heterocycles. The second kappa shape index (κ2) is 6.01. The molecule has 1 atom stereocenters. The van der Waals surface area contributed by atoms with Crippen molar-refractivity contribution < 1.29 is 9.53 Å². The van der Waals surface area contributed by atoms with E-state index >= 15 is 0 Å². The van der Waals surface area contributed by atoms with Crippen molar-refractivity contribution in [1.29, 1.82) is 0 Å². The zero-order valence-electron chi connectivity index (χ0n) is 11.8. The third-order valence-corrected chi connectivity index (χ3v) is 3.55. The Kier molecular flexibility index (Phi) is 3.92. The molecule has 3 rings (SSSR count). The third-order valence-electron chi connectivity index (χ3n) is 3.55. The van der Waals surface area contributed by atoms with Crippen molar-refractivity contribution in [3.8, 4) is 11.4 Å². The average molecular weight is 287 g/mol. The van der Waals surface area contributed by atoms with Gasteiger partial charge in [0, 0.05) is 26.0 Å². The maximum Gasteiger partial charge on any atom is 0.225 e. The molecule has 0 spiro atoms. The van der Waals surface area contributed by atoms with Crippen LogP contribution in [-0.2, 0) is 23.1 Å². The van der Waals surface area contributed by atoms with Gasteiger partial charge in [-0.2, -0.15) is 5.10 Å². The lowest BCUT2D eigenvalue weighted by atomic mass is 10.1. The number of hydrogen-bond acceptors (Lipinski definition) is 5. The topological polar surface area (TPSA) is 81.9 Å². The van der Waals surface area contributed by atoms with Crippen molar-refractivity contribution in [2.45, 2.75) is 13.0 Å². The van der Waals surface area contributed by atoms with E-state index in [1.165, 1.54) is 0 Å². The summed E-state index contributed by atoms with van der Waals surface area (Å²) in [5.41, 5.74) is 2.39. The van der Waals surface area contributed by atoms with Crippen LogP contribution >= 0.6 is 0 Å². The number of aromatic nitrogens is 4. The highest BCUT2D eigenvalue weighted by atomic mass is 16.5. The van der Waals surface area contributed by atoms with Crippen molar-refractivity contribution in [3.05, 3.63) is 30.4 Å². The van der Waals surface area contributed by atoms with Crippen molar-refractivity contribution in [2.75, 3.05) is 13.2 Å². The maximum atomic E-state index is 12.0. The summed E-state index contributed by atoms with van der Waals surface area (Å²) in [7, 11) is 1.85. The van der Waals surface area contributed by atoms with Gasteiger partial charge in [-0.25, -0.2) is 0 Å². The first-order chi connectivity index (χ1) is 10.2. The fourth-order valence-corrected chi connectivity index (χ4v) is 2.29. The SMILES string of the molecule is Cn1nc(-c2cnccn2)cc1CNC(=O)C1CCOC1. The van der Waals surface area contributed by atoms with Crippen LogP contribution in [0.5, 0.6) is 0 Å². The third kappa shape index (κ3) is 3.08. The summed E-state index contributed by atoms with van der Waals surface area (Å²) in [5, 5.41) is 7.33. The lowest BCUT2D eigenvalue weighted by Gasteiger charge is -2.09. The van der Waals surface area contributed by atoms with Crippen LogP contribution in [0.25, 0.3) is 11.4 Å². The number of nitrogens with zero attached hydrogens (tertiary/aromatic N) is 4. The van der Waals surface area contributed by atoms with Gasteiger partial charge in [0.1, 0.15) is 11.4 Å². The normalized spacial score (nSPS) is 17.9. The number of hydrogen-bond donors (Lipinski definition) is 1. The summed E-state index contributed by atoms with van der Waals surface area (Å²) >= 11 is 0. The van der Waals surface area contributed by atoms with E-state index in [9.17, 15) is 4.79 Å². The standard InChI is InChI=1S/C14H17N5O2/c1-19-11(7-17-14(20)10-2-5-21-9-10)6-12(18-19)13-8-15-3-4-16-13/h3-4,6,8,10H,2,5,7,9H2,1H3,(H,17,20). The van der Waals surface area contributed by atoms with Gasteiger partial charge < -0.3 is 10.1 Å². The first kappa shape index (κ1) is 13.7. The Morgan fingerprint density at radius 1 is 1.48 bits per heavy atom. The molecule has 0 aliphatic carbocycles. The van der Waals surface area contributed by atoms with E-state index in [0.717, 1.165) is 23.5 Å². The number of ether oxygens (including phenoxy) is 1. The second-order valence-corrected chi connectivity index (χ2v) is 5.01. The molecule has 0 radical (unpaired) electrons. The first-order valence-corrected chi connectivity index (χ1v) is 6.89. The van der Waals surface area contributed by atoms with E-state index < -0.39 is 0 Å². The van der Waals surface area contributed by atoms with Crippen molar-refractivity contribution in [3.63, 3.8) is 0 Å². The zero-order chi connectivity index (χ0) is 14.7. The number of nitrogens with one attached hydrogen (secondary N) is 1. The van der Waals surface area contributed by atoms with Gasteiger partial charge in [0.05, 0.1) is 31.0 Å². The largest absolute Gasteiger partial charge is 0.381 e. The predicted molar refractivity (Wildman–Crippen MR) is 75.0 cm³/mol. The zero-order valence-corrected chi connectivity index (χ0v) is 11.8. The first-order valence-electron chi connectivity index (χ1n) is 6.89. The number of amides is 1. The molecule has 1 aliphatic rings. The van der Waals surface area contributed by atoms with E-state index in [0.29, 0.717) is 19.8 Å². The van der Waals surface area contributed by atoms with Gasteiger partial charge in [-0.1, -0.05) is 0 Å². The maximum absolute atomic E-state index is 12.0. The molecule has 110 valence electrons. The van der Waals surface area contributed by atoms with Crippen LogP contribution in [0.2, 0.25) is 0 Å². The van der Waals surface area contributed by atoms with Crippen molar-refractivity contribution in [1.82, 2.24) is 25.1 Å². The summed E-state index contributed by atoms with van der Waals surface area (Å²) in [4.78, 5) is 20.2. The molecule has 21 heavy (non-hydrogen) atoms. The Morgan fingerprint density at radius 2 is 2.38 bits per heavy atom. The molecule has 7 heteroatoms. The van der Waals surface area contributed by atoms with Gasteiger partial charge in [0.15, 0.2) is 0 Å². The molecule has 3 heterocycles. The molecule has 0 bridgehead atoms. The highest BCUT2D eigenvalue weighted by molar-refractivity contribution is 5.78. The molecule has 7 nitrogen and oxygen atoms in total. The smallest absolute Gasteiger partial charge is 0.225 e. The molecule has 1 N–H and O–H groups in total. The van der Waals surface area contributed by atoms with Gasteiger partial charge in [-0.3, -0.25) is 19.4 Å². The Balaban J connectivity index is 1.66. The summed E-state index contributed by atoms with van der Waals surface area (Å²) < 4.78 is 6.97. The lowest BCUT2D eigenvalue weighted by molar-refractivity contribution is -0.125. The average Bonchev–Trinajstić information content (AvgIpc) is 3.16. The predicted octanol–water partition coefficient (Wildman–Crippen LogP) is 0.530. The Bertz CT molecular complexity index is 620. The Morgan fingerprint density at radius 3 is 3.10 bits per heavy atom. The Labute approximate surface area is 122 Å². The summed E-state index contributed by atoms with van der Waals surface area (Å²) in [6.07, 6.45) is 5.71. The van der Waals surface area contributed by atoms with E-state index in [1.54, 1.807) is 23.3 Å². The summed E-state index contributed by atoms with van der Waals surface area (Å²) in [6, 6.07) is 1.91. The molecule has 1 fully saturated rings. The van der Waals surface area contributed by atoms with Gasteiger partial charge in [-0.15, -0.1) is 0 Å². The summed E-state index contributed by atoms with van der Waals surface area (Å²) in [6.45, 7) is 1.63. The van der Waals surface area contributed by atoms with Gasteiger partial charge in [0.25, 0.3) is 0 Å². The molecular weight excluding hydrogens is 270 g/mol. The van der Waals surface area contributed by atoms with E-state index in [4.69, 9.17) is 4.74 Å². The molecule has 1 aliphatic heterocycles. The molecule has 0 saturated carbocycles. The number of rotatable bonds is 4. The Hall–Kier alpha value is -2.28. The molecule has 2 aromatic rings. The molecular formula is C14H17N5O2. The van der Waals surface area contributed by atoms with E-state index in [1.807, 2.05) is 13.1 Å². The van der Waals surface area contributed by atoms with Crippen LogP contribution in [0.15, 0.2) is 24.7 Å². The number of carbonyl (C=O) groups excluding carboxylic acids is 1.